The Kier molecular flexibility index (Phi) is 13.9. The van der Waals surface area contributed by atoms with E-state index < -0.39 is 5.97 Å². The quantitative estimate of drug-likeness (QED) is 0.332. The van der Waals surface area contributed by atoms with E-state index in [1.54, 1.807) is 19.1 Å². The smallest absolute Gasteiger partial charge is 0.344 e. The second-order valence-corrected chi connectivity index (χ2v) is 8.54. The Morgan fingerprint density at radius 1 is 0.941 bits per heavy atom. The predicted molar refractivity (Wildman–Crippen MR) is 139 cm³/mol. The number of esters is 1. The zero-order valence-electron chi connectivity index (χ0n) is 19.7. The van der Waals surface area contributed by atoms with Crippen LogP contribution >= 0.6 is 48.0 Å². The Bertz CT molecular complexity index is 969. The molecule has 0 aliphatic carbocycles. The molecule has 0 spiro atoms. The summed E-state index contributed by atoms with van der Waals surface area (Å²) >= 11 is 12.7. The molecule has 0 atom stereocenters. The van der Waals surface area contributed by atoms with Gasteiger partial charge in [0.1, 0.15) is 16.5 Å². The molecular formula is C23H30Cl4N2O5. The molecule has 2 rings (SSSR count). The number of hydrogen-bond acceptors (Lipinski definition) is 7. The standard InChI is InChI=1S/C23H28Cl2N2O5.2ClH/c1-6-31-19(28)13-32-18-8-7-17(20(24)21(18)25)23(30)14-9-15(11-26(2)3)22(29)16(10-14)12-27(4)5;;/h7-10,29H,6,11-13H2,1-5H3;2*1H. The Balaban J connectivity index is 0.00000544. The summed E-state index contributed by atoms with van der Waals surface area (Å²) in [6.07, 6.45) is 0. The van der Waals surface area contributed by atoms with E-state index in [2.05, 4.69) is 0 Å². The highest BCUT2D eigenvalue weighted by molar-refractivity contribution is 6.45. The Hall–Kier alpha value is -1.74. The molecule has 0 amide bonds. The minimum absolute atomic E-state index is 0. The molecule has 0 bridgehead atoms. The van der Waals surface area contributed by atoms with Gasteiger partial charge in [-0.05, 0) is 59.4 Å². The molecule has 0 heterocycles. The number of aromatic hydroxyl groups is 1. The summed E-state index contributed by atoms with van der Waals surface area (Å²) in [6, 6.07) is 6.31. The van der Waals surface area contributed by atoms with Crippen LogP contribution in [0.15, 0.2) is 24.3 Å². The number of ether oxygens (including phenoxy) is 2. The van der Waals surface area contributed by atoms with E-state index in [1.165, 1.54) is 12.1 Å². The van der Waals surface area contributed by atoms with Crippen LogP contribution in [0.3, 0.4) is 0 Å². The van der Waals surface area contributed by atoms with Crippen LogP contribution in [0.2, 0.25) is 10.0 Å². The van der Waals surface area contributed by atoms with Crippen molar-refractivity contribution in [3.05, 3.63) is 56.6 Å². The van der Waals surface area contributed by atoms with Gasteiger partial charge in [0.15, 0.2) is 12.4 Å². The maximum atomic E-state index is 13.3. The molecule has 0 unspecified atom stereocenters. The zero-order valence-corrected chi connectivity index (χ0v) is 22.8. The van der Waals surface area contributed by atoms with E-state index in [0.717, 1.165) is 0 Å². The van der Waals surface area contributed by atoms with E-state index in [1.807, 2.05) is 38.0 Å². The number of nitrogens with zero attached hydrogens (tertiary/aromatic N) is 2. The Morgan fingerprint density at radius 3 is 1.94 bits per heavy atom. The van der Waals surface area contributed by atoms with E-state index in [9.17, 15) is 14.7 Å². The molecule has 0 saturated carbocycles. The Labute approximate surface area is 222 Å². The van der Waals surface area contributed by atoms with Gasteiger partial charge in [0, 0.05) is 35.3 Å². The number of halogens is 4. The molecule has 0 aromatic heterocycles. The first-order chi connectivity index (χ1) is 15.0. The molecule has 1 N–H and O–H groups in total. The third kappa shape index (κ3) is 8.48. The monoisotopic (exact) mass is 554 g/mol. The number of benzene rings is 2. The van der Waals surface area contributed by atoms with Gasteiger partial charge in [0.2, 0.25) is 0 Å². The summed E-state index contributed by atoms with van der Waals surface area (Å²) in [5.41, 5.74) is 1.84. The highest BCUT2D eigenvalue weighted by atomic mass is 35.5. The summed E-state index contributed by atoms with van der Waals surface area (Å²) in [5.74, 6) is -0.538. The minimum atomic E-state index is -0.536. The lowest BCUT2D eigenvalue weighted by Gasteiger charge is -2.18. The first-order valence-electron chi connectivity index (χ1n) is 10.00. The normalized spacial score (nSPS) is 10.5. The topological polar surface area (TPSA) is 79.3 Å². The summed E-state index contributed by atoms with van der Waals surface area (Å²) in [4.78, 5) is 28.6. The van der Waals surface area contributed by atoms with Gasteiger partial charge in [-0.15, -0.1) is 24.8 Å². The molecule has 0 aliphatic rings. The van der Waals surface area contributed by atoms with Crippen molar-refractivity contribution in [1.29, 1.82) is 0 Å². The maximum Gasteiger partial charge on any atom is 0.344 e. The average Bonchev–Trinajstić information content (AvgIpc) is 2.71. The van der Waals surface area contributed by atoms with Crippen molar-refractivity contribution in [2.75, 3.05) is 41.4 Å². The molecule has 34 heavy (non-hydrogen) atoms. The predicted octanol–water partition coefficient (Wildman–Crippen LogP) is 4.84. The number of carbonyl (C=O) groups excluding carboxylic acids is 2. The molecule has 2 aromatic rings. The molecule has 190 valence electrons. The van der Waals surface area contributed by atoms with Gasteiger partial charge in [-0.1, -0.05) is 23.2 Å². The molecule has 0 aliphatic heterocycles. The van der Waals surface area contributed by atoms with Gasteiger partial charge >= 0.3 is 5.97 Å². The van der Waals surface area contributed by atoms with Crippen LogP contribution in [-0.4, -0.2) is 68.1 Å². The lowest BCUT2D eigenvalue weighted by atomic mass is 9.97. The minimum Gasteiger partial charge on any atom is -0.507 e. The van der Waals surface area contributed by atoms with Crippen molar-refractivity contribution in [3.63, 3.8) is 0 Å². The third-order valence-corrected chi connectivity index (χ3v) is 5.31. The van der Waals surface area contributed by atoms with E-state index in [4.69, 9.17) is 32.7 Å². The van der Waals surface area contributed by atoms with Gasteiger partial charge in [0.05, 0.1) is 11.6 Å². The molecule has 7 nitrogen and oxygen atoms in total. The average molecular weight is 556 g/mol. The number of carbonyl (C=O) groups is 2. The maximum absolute atomic E-state index is 13.3. The molecule has 0 radical (unpaired) electrons. The highest BCUT2D eigenvalue weighted by Crippen LogP contribution is 2.36. The van der Waals surface area contributed by atoms with Gasteiger partial charge in [0.25, 0.3) is 0 Å². The number of hydrogen-bond donors (Lipinski definition) is 1. The second-order valence-electron chi connectivity index (χ2n) is 7.78. The van der Waals surface area contributed by atoms with E-state index in [-0.39, 0.29) is 70.9 Å². The second kappa shape index (κ2) is 14.6. The van der Waals surface area contributed by atoms with Crippen molar-refractivity contribution in [2.24, 2.45) is 0 Å². The third-order valence-electron chi connectivity index (χ3n) is 4.45. The number of ketones is 1. The van der Waals surface area contributed by atoms with Gasteiger partial charge in [-0.2, -0.15) is 0 Å². The van der Waals surface area contributed by atoms with Crippen LogP contribution in [0.25, 0.3) is 0 Å². The number of rotatable bonds is 10. The fourth-order valence-corrected chi connectivity index (χ4v) is 3.59. The first kappa shape index (κ1) is 32.3. The fraction of sp³-hybridized carbons (Fsp3) is 0.391. The Morgan fingerprint density at radius 2 is 1.47 bits per heavy atom. The van der Waals surface area contributed by atoms with Crippen molar-refractivity contribution in [1.82, 2.24) is 9.80 Å². The molecule has 11 heteroatoms. The van der Waals surface area contributed by atoms with Gasteiger partial charge < -0.3 is 24.4 Å². The van der Waals surface area contributed by atoms with E-state index in [0.29, 0.717) is 29.8 Å². The van der Waals surface area contributed by atoms with Crippen molar-refractivity contribution in [3.8, 4) is 11.5 Å². The number of phenols is 1. The zero-order chi connectivity index (χ0) is 24.0. The van der Waals surface area contributed by atoms with Crippen LogP contribution in [0.5, 0.6) is 11.5 Å². The molecule has 0 saturated heterocycles. The number of phenolic OH excluding ortho intramolecular Hbond substituents is 1. The summed E-state index contributed by atoms with van der Waals surface area (Å²) in [7, 11) is 7.52. The fourth-order valence-electron chi connectivity index (χ4n) is 3.13. The van der Waals surface area contributed by atoms with Crippen LogP contribution in [0.4, 0.5) is 0 Å². The van der Waals surface area contributed by atoms with Crippen LogP contribution in [0.1, 0.15) is 34.0 Å². The molecule has 2 aromatic carbocycles. The SMILES string of the molecule is CCOC(=O)COc1ccc(C(=O)c2cc(CN(C)C)c(O)c(CN(C)C)c2)c(Cl)c1Cl.Cl.Cl. The van der Waals surface area contributed by atoms with Crippen molar-refractivity contribution >= 4 is 59.8 Å². The first-order valence-corrected chi connectivity index (χ1v) is 10.8. The van der Waals surface area contributed by atoms with Crippen molar-refractivity contribution in [2.45, 2.75) is 20.0 Å². The largest absolute Gasteiger partial charge is 0.507 e. The molecule has 0 fully saturated rings. The summed E-state index contributed by atoms with van der Waals surface area (Å²) in [5, 5.41) is 10.7. The summed E-state index contributed by atoms with van der Waals surface area (Å²) in [6.45, 7) is 2.53. The molecular weight excluding hydrogens is 526 g/mol. The lowest BCUT2D eigenvalue weighted by molar-refractivity contribution is -0.145. The van der Waals surface area contributed by atoms with Crippen molar-refractivity contribution < 1.29 is 24.2 Å². The van der Waals surface area contributed by atoms with Crippen LogP contribution in [0, 0.1) is 0 Å². The van der Waals surface area contributed by atoms with Gasteiger partial charge in [-0.25, -0.2) is 4.79 Å². The van der Waals surface area contributed by atoms with Crippen LogP contribution < -0.4 is 4.74 Å². The van der Waals surface area contributed by atoms with E-state index >= 15 is 0 Å². The highest BCUT2D eigenvalue weighted by Gasteiger charge is 2.21. The lowest BCUT2D eigenvalue weighted by Crippen LogP contribution is -2.16. The van der Waals surface area contributed by atoms with Gasteiger partial charge in [-0.3, -0.25) is 4.79 Å². The van der Waals surface area contributed by atoms with Crippen LogP contribution in [-0.2, 0) is 22.6 Å². The summed E-state index contributed by atoms with van der Waals surface area (Å²) < 4.78 is 10.2.